The van der Waals surface area contributed by atoms with E-state index in [1.54, 1.807) is 0 Å². The van der Waals surface area contributed by atoms with Crippen LogP contribution >= 0.6 is 0 Å². The Hall–Kier alpha value is -0.850. The highest BCUT2D eigenvalue weighted by atomic mass is 14.7. The minimum Gasteiger partial charge on any atom is -0.257 e. The molecule has 0 radical (unpaired) electrons. The van der Waals surface area contributed by atoms with E-state index in [4.69, 9.17) is 4.98 Å². The van der Waals surface area contributed by atoms with Gasteiger partial charge in [-0.1, -0.05) is 54.5 Å². The Morgan fingerprint density at radius 2 is 1.53 bits per heavy atom. The molecule has 0 fully saturated rings. The van der Waals surface area contributed by atoms with Crippen LogP contribution in [0, 0.1) is 6.92 Å². The van der Waals surface area contributed by atoms with Gasteiger partial charge in [-0.15, -0.1) is 0 Å². The lowest BCUT2D eigenvalue weighted by Crippen LogP contribution is -2.17. The van der Waals surface area contributed by atoms with Gasteiger partial charge in [-0.25, -0.2) is 0 Å². The van der Waals surface area contributed by atoms with Gasteiger partial charge in [0.05, 0.1) is 0 Å². The van der Waals surface area contributed by atoms with Gasteiger partial charge in [0.2, 0.25) is 0 Å². The second-order valence-electron chi connectivity index (χ2n) is 6.66. The minimum absolute atomic E-state index is 0.177. The summed E-state index contributed by atoms with van der Waals surface area (Å²) < 4.78 is 0. The number of aryl methyl sites for hydroxylation is 1. The first kappa shape index (κ1) is 14.2. The summed E-state index contributed by atoms with van der Waals surface area (Å²) in [6.45, 7) is 17.9. The molecule has 1 rings (SSSR count). The van der Waals surface area contributed by atoms with E-state index in [0.29, 0.717) is 11.8 Å². The minimum atomic E-state index is 0.177. The third-order valence-corrected chi connectivity index (χ3v) is 3.25. The van der Waals surface area contributed by atoms with Crippen LogP contribution in [-0.2, 0) is 5.41 Å². The third kappa shape index (κ3) is 3.08. The van der Waals surface area contributed by atoms with Crippen LogP contribution in [0.1, 0.15) is 82.8 Å². The molecule has 1 aromatic rings. The van der Waals surface area contributed by atoms with Crippen LogP contribution in [-0.4, -0.2) is 4.98 Å². The van der Waals surface area contributed by atoms with Crippen molar-refractivity contribution >= 4 is 0 Å². The standard InChI is InChI=1S/C16H27N/c1-10(2)13-9-14(16(6,7)8)12(5)17-15(13)11(3)4/h9-11H,1-8H3. The average molecular weight is 233 g/mol. The SMILES string of the molecule is Cc1nc(C(C)C)c(C(C)C)cc1C(C)(C)C. The highest BCUT2D eigenvalue weighted by Crippen LogP contribution is 2.32. The highest BCUT2D eigenvalue weighted by Gasteiger charge is 2.21. The summed E-state index contributed by atoms with van der Waals surface area (Å²) in [4.78, 5) is 4.86. The average Bonchev–Trinajstić information content (AvgIpc) is 2.14. The van der Waals surface area contributed by atoms with Crippen LogP contribution in [0.5, 0.6) is 0 Å². The van der Waals surface area contributed by atoms with Crippen LogP contribution < -0.4 is 0 Å². The van der Waals surface area contributed by atoms with E-state index in [2.05, 4.69) is 61.5 Å². The first-order valence-electron chi connectivity index (χ1n) is 6.66. The summed E-state index contributed by atoms with van der Waals surface area (Å²) in [6, 6.07) is 2.38. The van der Waals surface area contributed by atoms with E-state index in [-0.39, 0.29) is 5.41 Å². The van der Waals surface area contributed by atoms with Crippen molar-refractivity contribution in [3.05, 3.63) is 28.6 Å². The summed E-state index contributed by atoms with van der Waals surface area (Å²) in [5.74, 6) is 1.04. The first-order chi connectivity index (χ1) is 7.64. The third-order valence-electron chi connectivity index (χ3n) is 3.25. The summed E-state index contributed by atoms with van der Waals surface area (Å²) in [5.41, 5.74) is 5.42. The summed E-state index contributed by atoms with van der Waals surface area (Å²) in [7, 11) is 0. The molecule has 0 unspecified atom stereocenters. The van der Waals surface area contributed by atoms with E-state index >= 15 is 0 Å². The molecule has 0 aliphatic rings. The van der Waals surface area contributed by atoms with Crippen molar-refractivity contribution in [2.45, 2.75) is 72.6 Å². The number of aromatic nitrogens is 1. The van der Waals surface area contributed by atoms with Gasteiger partial charge in [-0.3, -0.25) is 4.98 Å². The number of hydrogen-bond acceptors (Lipinski definition) is 1. The van der Waals surface area contributed by atoms with Gasteiger partial charge in [-0.05, 0) is 35.3 Å². The highest BCUT2D eigenvalue weighted by molar-refractivity contribution is 5.37. The molecular weight excluding hydrogens is 206 g/mol. The molecule has 0 N–H and O–H groups in total. The van der Waals surface area contributed by atoms with E-state index in [1.165, 1.54) is 22.5 Å². The lowest BCUT2D eigenvalue weighted by Gasteiger charge is -2.25. The van der Waals surface area contributed by atoms with Crippen molar-refractivity contribution in [3.8, 4) is 0 Å². The number of pyridine rings is 1. The van der Waals surface area contributed by atoms with Gasteiger partial charge in [0.1, 0.15) is 0 Å². The molecule has 0 aliphatic heterocycles. The van der Waals surface area contributed by atoms with Gasteiger partial charge in [-0.2, -0.15) is 0 Å². The van der Waals surface area contributed by atoms with Crippen molar-refractivity contribution in [1.82, 2.24) is 4.98 Å². The zero-order chi connectivity index (χ0) is 13.4. The molecule has 0 spiro atoms. The van der Waals surface area contributed by atoms with Gasteiger partial charge in [0, 0.05) is 11.4 Å². The zero-order valence-corrected chi connectivity index (χ0v) is 12.7. The van der Waals surface area contributed by atoms with Gasteiger partial charge in [0.25, 0.3) is 0 Å². The quantitative estimate of drug-likeness (QED) is 0.705. The van der Waals surface area contributed by atoms with Crippen LogP contribution in [0.4, 0.5) is 0 Å². The van der Waals surface area contributed by atoms with Crippen molar-refractivity contribution < 1.29 is 0 Å². The van der Waals surface area contributed by atoms with Crippen molar-refractivity contribution in [3.63, 3.8) is 0 Å². The Labute approximate surface area is 107 Å². The molecule has 0 saturated carbocycles. The molecule has 96 valence electrons. The second kappa shape index (κ2) is 4.80. The zero-order valence-electron chi connectivity index (χ0n) is 12.7. The fourth-order valence-electron chi connectivity index (χ4n) is 2.32. The molecule has 1 aromatic heterocycles. The Balaban J connectivity index is 3.46. The monoisotopic (exact) mass is 233 g/mol. The Kier molecular flexibility index (Phi) is 4.01. The fourth-order valence-corrected chi connectivity index (χ4v) is 2.32. The van der Waals surface area contributed by atoms with E-state index < -0.39 is 0 Å². The Morgan fingerprint density at radius 3 is 1.88 bits per heavy atom. The second-order valence-corrected chi connectivity index (χ2v) is 6.66. The predicted molar refractivity (Wildman–Crippen MR) is 75.9 cm³/mol. The number of hydrogen-bond donors (Lipinski definition) is 0. The molecule has 0 amide bonds. The predicted octanol–water partition coefficient (Wildman–Crippen LogP) is 4.93. The van der Waals surface area contributed by atoms with E-state index in [0.717, 1.165) is 0 Å². The maximum atomic E-state index is 4.86. The number of nitrogens with zero attached hydrogens (tertiary/aromatic N) is 1. The van der Waals surface area contributed by atoms with Crippen molar-refractivity contribution in [1.29, 1.82) is 0 Å². The molecule has 0 bridgehead atoms. The fraction of sp³-hybridized carbons (Fsp3) is 0.688. The molecule has 0 aliphatic carbocycles. The molecule has 0 atom stereocenters. The van der Waals surface area contributed by atoms with Gasteiger partial charge >= 0.3 is 0 Å². The van der Waals surface area contributed by atoms with Crippen LogP contribution in [0.2, 0.25) is 0 Å². The molecule has 1 heterocycles. The largest absolute Gasteiger partial charge is 0.257 e. The molecule has 1 heteroatoms. The number of rotatable bonds is 2. The van der Waals surface area contributed by atoms with Crippen LogP contribution in [0.15, 0.2) is 6.07 Å². The van der Waals surface area contributed by atoms with Crippen molar-refractivity contribution in [2.75, 3.05) is 0 Å². The Morgan fingerprint density at radius 1 is 1.00 bits per heavy atom. The molecule has 0 aromatic carbocycles. The lowest BCUT2D eigenvalue weighted by molar-refractivity contribution is 0.576. The molecule has 1 nitrogen and oxygen atoms in total. The first-order valence-corrected chi connectivity index (χ1v) is 6.66. The maximum absolute atomic E-state index is 4.86. The summed E-state index contributed by atoms with van der Waals surface area (Å²) >= 11 is 0. The van der Waals surface area contributed by atoms with Crippen LogP contribution in [0.25, 0.3) is 0 Å². The maximum Gasteiger partial charge on any atom is 0.0466 e. The lowest BCUT2D eigenvalue weighted by atomic mass is 9.82. The van der Waals surface area contributed by atoms with E-state index in [9.17, 15) is 0 Å². The molecule has 0 saturated heterocycles. The van der Waals surface area contributed by atoms with E-state index in [1.807, 2.05) is 0 Å². The normalized spacial score (nSPS) is 12.6. The summed E-state index contributed by atoms with van der Waals surface area (Å²) in [6.07, 6.45) is 0. The van der Waals surface area contributed by atoms with Gasteiger partial charge < -0.3 is 0 Å². The Bertz CT molecular complexity index is 395. The topological polar surface area (TPSA) is 12.9 Å². The van der Waals surface area contributed by atoms with Crippen molar-refractivity contribution in [2.24, 2.45) is 0 Å². The smallest absolute Gasteiger partial charge is 0.0466 e. The molecular formula is C16H27N. The van der Waals surface area contributed by atoms with Crippen LogP contribution in [0.3, 0.4) is 0 Å². The summed E-state index contributed by atoms with van der Waals surface area (Å²) in [5, 5.41) is 0. The van der Waals surface area contributed by atoms with Gasteiger partial charge in [0.15, 0.2) is 0 Å². The molecule has 17 heavy (non-hydrogen) atoms.